The molecule has 2 aromatic carbocycles. The van der Waals surface area contributed by atoms with Crippen LogP contribution in [0.15, 0.2) is 47.6 Å². The first-order valence-corrected chi connectivity index (χ1v) is 7.10. The molecule has 0 amide bonds. The van der Waals surface area contributed by atoms with Gasteiger partial charge in [-0.25, -0.2) is 0 Å². The molecule has 0 saturated carbocycles. The van der Waals surface area contributed by atoms with E-state index in [0.29, 0.717) is 28.4 Å². The Balaban J connectivity index is 2.43. The van der Waals surface area contributed by atoms with E-state index < -0.39 is 0 Å². The number of nitrogens with zero attached hydrogens (tertiary/aromatic N) is 1. The minimum Gasteiger partial charge on any atom is -0.497 e. The van der Waals surface area contributed by atoms with Gasteiger partial charge in [0.25, 0.3) is 0 Å². The van der Waals surface area contributed by atoms with E-state index in [1.807, 2.05) is 13.8 Å². The minimum absolute atomic E-state index is 0.205. The fourth-order valence-corrected chi connectivity index (χ4v) is 2.01. The Morgan fingerprint density at radius 1 is 0.913 bits per heavy atom. The normalized spacial score (nSPS) is 9.91. The largest absolute Gasteiger partial charge is 0.497 e. The summed E-state index contributed by atoms with van der Waals surface area (Å²) in [6, 6.07) is 12.0. The summed E-state index contributed by atoms with van der Waals surface area (Å²) < 4.78 is 10.5. The number of benzene rings is 2. The maximum absolute atomic E-state index is 12.8. The van der Waals surface area contributed by atoms with Crippen molar-refractivity contribution in [2.75, 3.05) is 14.2 Å². The van der Waals surface area contributed by atoms with Crippen molar-refractivity contribution in [1.82, 2.24) is 0 Å². The summed E-state index contributed by atoms with van der Waals surface area (Å²) in [6.45, 7) is 3.63. The standard InChI is InChI=1S/C18H19NO4/c1-12(2)19-23-16-8-6-5-7-14(16)18(20)15-10-9-13(21-3)11-17(15)22-4/h5-11H,1-4H3. The second kappa shape index (κ2) is 7.45. The van der Waals surface area contributed by atoms with Crippen LogP contribution in [0.1, 0.15) is 29.8 Å². The highest BCUT2D eigenvalue weighted by atomic mass is 16.6. The number of methoxy groups -OCH3 is 2. The highest BCUT2D eigenvalue weighted by Gasteiger charge is 2.19. The minimum atomic E-state index is -0.205. The molecule has 120 valence electrons. The van der Waals surface area contributed by atoms with Crippen LogP contribution in [0.5, 0.6) is 17.2 Å². The molecule has 2 rings (SSSR count). The van der Waals surface area contributed by atoms with Crippen LogP contribution in [0.25, 0.3) is 0 Å². The van der Waals surface area contributed by atoms with E-state index in [-0.39, 0.29) is 5.78 Å². The second-order valence-corrected chi connectivity index (χ2v) is 5.02. The Hall–Kier alpha value is -2.82. The molecular formula is C18H19NO4. The number of oxime groups is 1. The van der Waals surface area contributed by atoms with Crippen LogP contribution in [0, 0.1) is 0 Å². The molecule has 0 radical (unpaired) electrons. The van der Waals surface area contributed by atoms with Crippen molar-refractivity contribution >= 4 is 11.5 Å². The fraction of sp³-hybridized carbons (Fsp3) is 0.222. The van der Waals surface area contributed by atoms with E-state index in [1.54, 1.807) is 49.6 Å². The third-order valence-corrected chi connectivity index (χ3v) is 3.11. The lowest BCUT2D eigenvalue weighted by molar-refractivity contribution is 0.103. The predicted octanol–water partition coefficient (Wildman–Crippen LogP) is 3.71. The van der Waals surface area contributed by atoms with Gasteiger partial charge in [-0.15, -0.1) is 0 Å². The third-order valence-electron chi connectivity index (χ3n) is 3.11. The molecule has 0 spiro atoms. The summed E-state index contributed by atoms with van der Waals surface area (Å²) >= 11 is 0. The van der Waals surface area contributed by atoms with Crippen molar-refractivity contribution in [2.45, 2.75) is 13.8 Å². The smallest absolute Gasteiger partial charge is 0.200 e. The van der Waals surface area contributed by atoms with Crippen LogP contribution in [0.2, 0.25) is 0 Å². The Morgan fingerprint density at radius 3 is 2.26 bits per heavy atom. The number of para-hydroxylation sites is 1. The molecule has 0 bridgehead atoms. The highest BCUT2D eigenvalue weighted by molar-refractivity contribution is 6.12. The quantitative estimate of drug-likeness (QED) is 0.463. The second-order valence-electron chi connectivity index (χ2n) is 5.02. The molecule has 0 fully saturated rings. The highest BCUT2D eigenvalue weighted by Crippen LogP contribution is 2.29. The molecule has 0 aliphatic rings. The first kappa shape index (κ1) is 16.5. The van der Waals surface area contributed by atoms with Gasteiger partial charge in [-0.1, -0.05) is 17.3 Å². The maximum atomic E-state index is 12.8. The SMILES string of the molecule is COc1ccc(C(=O)c2ccccc2ON=C(C)C)c(OC)c1. The van der Waals surface area contributed by atoms with E-state index in [1.165, 1.54) is 7.11 Å². The molecule has 0 aliphatic heterocycles. The van der Waals surface area contributed by atoms with Gasteiger partial charge in [0, 0.05) is 6.07 Å². The zero-order valence-corrected chi connectivity index (χ0v) is 13.6. The van der Waals surface area contributed by atoms with Crippen LogP contribution in [-0.4, -0.2) is 25.7 Å². The van der Waals surface area contributed by atoms with E-state index in [9.17, 15) is 4.79 Å². The number of hydrogen-bond acceptors (Lipinski definition) is 5. The third kappa shape index (κ3) is 3.88. The average Bonchev–Trinajstić information content (AvgIpc) is 2.58. The van der Waals surface area contributed by atoms with Crippen molar-refractivity contribution in [1.29, 1.82) is 0 Å². The van der Waals surface area contributed by atoms with Gasteiger partial charge in [0.2, 0.25) is 5.78 Å². The Bertz CT molecular complexity index is 734. The number of carbonyl (C=O) groups is 1. The van der Waals surface area contributed by atoms with Crippen LogP contribution in [-0.2, 0) is 0 Å². The number of carbonyl (C=O) groups excluding carboxylic acids is 1. The number of ketones is 1. The first-order valence-electron chi connectivity index (χ1n) is 7.10. The van der Waals surface area contributed by atoms with Crippen LogP contribution < -0.4 is 14.3 Å². The Kier molecular flexibility index (Phi) is 5.36. The van der Waals surface area contributed by atoms with Gasteiger partial charge in [0.05, 0.1) is 31.1 Å². The van der Waals surface area contributed by atoms with Gasteiger partial charge in [-0.2, -0.15) is 0 Å². The molecule has 0 atom stereocenters. The number of ether oxygens (including phenoxy) is 2. The lowest BCUT2D eigenvalue weighted by Crippen LogP contribution is -2.06. The van der Waals surface area contributed by atoms with Crippen molar-refractivity contribution in [3.8, 4) is 17.2 Å². The van der Waals surface area contributed by atoms with Crippen LogP contribution in [0.4, 0.5) is 0 Å². The van der Waals surface area contributed by atoms with Crippen molar-refractivity contribution in [2.24, 2.45) is 5.16 Å². The monoisotopic (exact) mass is 313 g/mol. The van der Waals surface area contributed by atoms with Gasteiger partial charge in [0.15, 0.2) is 5.75 Å². The molecule has 0 saturated heterocycles. The van der Waals surface area contributed by atoms with Crippen molar-refractivity contribution < 1.29 is 19.1 Å². The predicted molar refractivity (Wildman–Crippen MR) is 88.8 cm³/mol. The summed E-state index contributed by atoms with van der Waals surface area (Å²) in [5.41, 5.74) is 1.61. The van der Waals surface area contributed by atoms with Crippen LogP contribution >= 0.6 is 0 Å². The van der Waals surface area contributed by atoms with Crippen molar-refractivity contribution in [3.63, 3.8) is 0 Å². The lowest BCUT2D eigenvalue weighted by Gasteiger charge is -2.11. The first-order chi connectivity index (χ1) is 11.1. The summed E-state index contributed by atoms with van der Waals surface area (Å²) in [5, 5.41) is 3.91. The molecule has 2 aromatic rings. The van der Waals surface area contributed by atoms with Gasteiger partial charge in [-0.3, -0.25) is 4.79 Å². The molecule has 0 heterocycles. The molecular weight excluding hydrogens is 294 g/mol. The van der Waals surface area contributed by atoms with E-state index in [0.717, 1.165) is 5.71 Å². The zero-order chi connectivity index (χ0) is 16.8. The van der Waals surface area contributed by atoms with E-state index in [2.05, 4.69) is 5.16 Å². The summed E-state index contributed by atoms with van der Waals surface area (Å²) in [6.07, 6.45) is 0. The van der Waals surface area contributed by atoms with Gasteiger partial charge in [-0.05, 0) is 38.1 Å². The number of hydrogen-bond donors (Lipinski definition) is 0. The molecule has 0 N–H and O–H groups in total. The van der Waals surface area contributed by atoms with Crippen LogP contribution in [0.3, 0.4) is 0 Å². The Morgan fingerprint density at radius 2 is 1.61 bits per heavy atom. The summed E-state index contributed by atoms with van der Waals surface area (Å²) in [5.74, 6) is 1.26. The molecule has 23 heavy (non-hydrogen) atoms. The van der Waals surface area contributed by atoms with Gasteiger partial charge >= 0.3 is 0 Å². The van der Waals surface area contributed by atoms with E-state index >= 15 is 0 Å². The topological polar surface area (TPSA) is 57.1 Å². The Labute approximate surface area is 135 Å². The molecule has 0 aliphatic carbocycles. The zero-order valence-electron chi connectivity index (χ0n) is 13.6. The molecule has 0 aromatic heterocycles. The van der Waals surface area contributed by atoms with Crippen molar-refractivity contribution in [3.05, 3.63) is 53.6 Å². The summed E-state index contributed by atoms with van der Waals surface area (Å²) in [7, 11) is 3.07. The molecule has 0 unspecified atom stereocenters. The van der Waals surface area contributed by atoms with E-state index in [4.69, 9.17) is 14.3 Å². The summed E-state index contributed by atoms with van der Waals surface area (Å²) in [4.78, 5) is 18.2. The fourth-order valence-electron chi connectivity index (χ4n) is 2.01. The molecule has 5 heteroatoms. The maximum Gasteiger partial charge on any atom is 0.200 e. The molecule has 5 nitrogen and oxygen atoms in total. The lowest BCUT2D eigenvalue weighted by atomic mass is 10.0. The average molecular weight is 313 g/mol. The van der Waals surface area contributed by atoms with Gasteiger partial charge in [0.1, 0.15) is 11.5 Å². The van der Waals surface area contributed by atoms with Gasteiger partial charge < -0.3 is 14.3 Å². The number of rotatable bonds is 6.